The Morgan fingerprint density at radius 3 is 1.44 bits per heavy atom. The van der Waals surface area contributed by atoms with Crippen LogP contribution in [0.3, 0.4) is 0 Å². The topological polar surface area (TPSA) is 126 Å². The van der Waals surface area contributed by atoms with E-state index in [4.69, 9.17) is 24.7 Å². The molecule has 63 heavy (non-hydrogen) atoms. The highest BCUT2D eigenvalue weighted by Crippen LogP contribution is 2.63. The Bertz CT molecular complexity index is 2100. The van der Waals surface area contributed by atoms with Crippen LogP contribution in [-0.2, 0) is 0 Å². The molecular formula is C54H76N2O7. The van der Waals surface area contributed by atoms with E-state index in [0.29, 0.717) is 51.5 Å². The van der Waals surface area contributed by atoms with Crippen molar-refractivity contribution in [3.05, 3.63) is 82.9 Å². The Balaban J connectivity index is 0.000000219. The largest absolute Gasteiger partial charge is 0.497 e. The van der Waals surface area contributed by atoms with E-state index in [0.717, 1.165) is 44.1 Å². The van der Waals surface area contributed by atoms with Gasteiger partial charge in [0.05, 0.1) is 28.4 Å². The van der Waals surface area contributed by atoms with Crippen molar-refractivity contribution in [2.45, 2.75) is 126 Å². The Morgan fingerprint density at radius 2 is 1.02 bits per heavy atom. The van der Waals surface area contributed by atoms with E-state index < -0.39 is 0 Å². The average Bonchev–Trinajstić information content (AvgIpc) is 3.24. The van der Waals surface area contributed by atoms with E-state index in [-0.39, 0.29) is 74.9 Å². The van der Waals surface area contributed by atoms with E-state index in [1.54, 1.807) is 40.6 Å². The second-order valence-corrected chi connectivity index (χ2v) is 21.4. The smallest absolute Gasteiger partial charge is 0.251 e. The number of amides is 1. The Labute approximate surface area is 377 Å². The predicted molar refractivity (Wildman–Crippen MR) is 251 cm³/mol. The third kappa shape index (κ3) is 9.28. The van der Waals surface area contributed by atoms with E-state index >= 15 is 0 Å². The van der Waals surface area contributed by atoms with Gasteiger partial charge < -0.3 is 30.0 Å². The molecule has 4 fully saturated rings. The molecule has 0 saturated heterocycles. The average molecular weight is 865 g/mol. The van der Waals surface area contributed by atoms with Crippen LogP contribution in [0.25, 0.3) is 0 Å². The van der Waals surface area contributed by atoms with Gasteiger partial charge in [0.15, 0.2) is 11.6 Å². The molecule has 3 aromatic carbocycles. The minimum atomic E-state index is -0.227. The normalized spacial score (nSPS) is 31.7. The monoisotopic (exact) mass is 865 g/mol. The first-order valence-corrected chi connectivity index (χ1v) is 23.3. The number of ketones is 2. The molecule has 4 saturated carbocycles. The SMILES string of the molecule is COc1cc(OC)cc(C(=O)[C@H]2[C@H](C)[C@H](N)C[C@H]3C(C)(C)CCC[C@]23C)c1.COc1cc(OC)cc(C(=O)[C@H]2[C@H](C)[C@H](NC(=O)c3ccccc3C)C[C@H]3C(C)(C)CCC[C@]23C)c1. The molecule has 344 valence electrons. The van der Waals surface area contributed by atoms with Crippen LogP contribution < -0.4 is 30.0 Å². The second kappa shape index (κ2) is 18.6. The van der Waals surface area contributed by atoms with Crippen LogP contribution >= 0.6 is 0 Å². The highest BCUT2D eigenvalue weighted by atomic mass is 16.5. The lowest BCUT2D eigenvalue weighted by molar-refractivity contribution is -0.0902. The maximum absolute atomic E-state index is 14.3. The Kier molecular flexibility index (Phi) is 14.2. The molecule has 0 heterocycles. The van der Waals surface area contributed by atoms with Crippen molar-refractivity contribution in [3.8, 4) is 23.0 Å². The highest BCUT2D eigenvalue weighted by molar-refractivity contribution is 6.00. The molecule has 0 unspecified atom stereocenters. The summed E-state index contributed by atoms with van der Waals surface area (Å²) in [5, 5.41) is 3.35. The van der Waals surface area contributed by atoms with Gasteiger partial charge in [0.25, 0.3) is 5.91 Å². The Morgan fingerprint density at radius 1 is 0.603 bits per heavy atom. The van der Waals surface area contributed by atoms with Gasteiger partial charge in [-0.25, -0.2) is 0 Å². The molecule has 4 aliphatic carbocycles. The van der Waals surface area contributed by atoms with E-state index in [9.17, 15) is 14.4 Å². The van der Waals surface area contributed by atoms with Gasteiger partial charge in [-0.05, 0) is 127 Å². The van der Waals surface area contributed by atoms with Crippen molar-refractivity contribution in [3.63, 3.8) is 0 Å². The van der Waals surface area contributed by atoms with Crippen molar-refractivity contribution >= 4 is 17.5 Å². The molecular weight excluding hydrogens is 789 g/mol. The molecule has 7 rings (SSSR count). The maximum atomic E-state index is 14.3. The number of nitrogens with two attached hydrogens (primary N) is 1. The number of fused-ring (bicyclic) bond motifs is 2. The number of benzene rings is 3. The molecule has 0 aliphatic heterocycles. The van der Waals surface area contributed by atoms with Crippen molar-refractivity contribution < 1.29 is 33.3 Å². The molecule has 3 N–H and O–H groups in total. The number of ether oxygens (including phenoxy) is 4. The quantitative estimate of drug-likeness (QED) is 0.193. The van der Waals surface area contributed by atoms with Crippen LogP contribution in [-0.4, -0.2) is 58.0 Å². The highest BCUT2D eigenvalue weighted by Gasteiger charge is 2.60. The number of rotatable bonds is 10. The molecule has 10 atom stereocenters. The van der Waals surface area contributed by atoms with E-state index in [1.807, 2.05) is 55.5 Å². The van der Waals surface area contributed by atoms with Crippen molar-refractivity contribution in [2.75, 3.05) is 28.4 Å². The summed E-state index contributed by atoms with van der Waals surface area (Å²) in [6.07, 6.45) is 8.63. The zero-order valence-corrected chi connectivity index (χ0v) is 40.5. The van der Waals surface area contributed by atoms with Crippen molar-refractivity contribution in [1.82, 2.24) is 5.32 Å². The molecule has 3 aromatic rings. The van der Waals surface area contributed by atoms with Gasteiger partial charge in [-0.2, -0.15) is 0 Å². The zero-order valence-electron chi connectivity index (χ0n) is 40.5. The fourth-order valence-corrected chi connectivity index (χ4v) is 13.5. The lowest BCUT2D eigenvalue weighted by Crippen LogP contribution is -2.60. The van der Waals surface area contributed by atoms with Gasteiger partial charge >= 0.3 is 0 Å². The van der Waals surface area contributed by atoms with E-state index in [1.165, 1.54) is 12.8 Å². The van der Waals surface area contributed by atoms with Gasteiger partial charge in [0, 0.05) is 52.7 Å². The lowest BCUT2D eigenvalue weighted by Gasteiger charge is -2.60. The number of Topliss-reactive ketones (excluding diaryl/α,β-unsaturated/α-hetero) is 2. The summed E-state index contributed by atoms with van der Waals surface area (Å²) in [5.41, 5.74) is 9.64. The molecule has 0 aromatic heterocycles. The van der Waals surface area contributed by atoms with Crippen LogP contribution in [0.4, 0.5) is 0 Å². The first-order chi connectivity index (χ1) is 29.6. The van der Waals surface area contributed by atoms with Crippen molar-refractivity contribution in [2.24, 2.45) is 62.9 Å². The fraction of sp³-hybridized carbons (Fsp3) is 0.611. The Hall–Kier alpha value is -4.37. The van der Waals surface area contributed by atoms with Gasteiger partial charge in [-0.3, -0.25) is 14.4 Å². The first kappa shape index (κ1) is 48.1. The van der Waals surface area contributed by atoms with Crippen LogP contribution in [0, 0.1) is 64.1 Å². The molecule has 0 spiro atoms. The molecule has 0 radical (unpaired) electrons. The van der Waals surface area contributed by atoms with Crippen LogP contribution in [0.1, 0.15) is 143 Å². The third-order valence-electron chi connectivity index (χ3n) is 16.9. The summed E-state index contributed by atoms with van der Waals surface area (Å²) >= 11 is 0. The minimum Gasteiger partial charge on any atom is -0.497 e. The standard InChI is InChI=1S/C31H41NO4.C23H35NO3/c1-19-11-8-9-12-24(19)29(34)32-25-18-26-30(3,4)13-10-14-31(26,5)27(20(25)2)28(33)21-15-22(35-6)17-23(16-21)36-7;1-14-18(24)13-19-22(2,3)8-7-9-23(19,4)20(14)21(25)15-10-16(26-5)12-17(11-15)27-6/h8-9,11-12,15-17,20,25-27H,10,13-14,18H2,1-7H3,(H,32,34);10-12,14,18-20H,7-9,13,24H2,1-6H3/t20-,25-,26+,27-,31+;14-,18-,19+,20-,23+/m11/s1. The van der Waals surface area contributed by atoms with Crippen LogP contribution in [0.15, 0.2) is 60.7 Å². The van der Waals surface area contributed by atoms with E-state index in [2.05, 4.69) is 60.7 Å². The van der Waals surface area contributed by atoms with Gasteiger partial charge in [-0.15, -0.1) is 0 Å². The lowest BCUT2D eigenvalue weighted by atomic mass is 9.45. The number of hydrogen-bond donors (Lipinski definition) is 2. The van der Waals surface area contributed by atoms with Gasteiger partial charge in [0.2, 0.25) is 0 Å². The molecule has 4 aliphatic rings. The summed E-state index contributed by atoms with van der Waals surface area (Å²) in [6, 6.07) is 18.6. The summed E-state index contributed by atoms with van der Waals surface area (Å²) < 4.78 is 21.7. The number of aryl methyl sites for hydroxylation is 1. The summed E-state index contributed by atoms with van der Waals surface area (Å²) in [7, 11) is 6.43. The number of carbonyl (C=O) groups is 3. The first-order valence-electron chi connectivity index (χ1n) is 23.3. The zero-order chi connectivity index (χ0) is 46.2. The predicted octanol–water partition coefficient (Wildman–Crippen LogP) is 11.2. The second-order valence-electron chi connectivity index (χ2n) is 21.4. The molecule has 1 amide bonds. The van der Waals surface area contributed by atoms with Crippen molar-refractivity contribution in [1.29, 1.82) is 0 Å². The summed E-state index contributed by atoms with van der Waals surface area (Å²) in [6.45, 7) is 20.3. The van der Waals surface area contributed by atoms with Gasteiger partial charge in [0.1, 0.15) is 23.0 Å². The third-order valence-corrected chi connectivity index (χ3v) is 16.9. The fourth-order valence-electron chi connectivity index (χ4n) is 13.5. The molecule has 9 heteroatoms. The van der Waals surface area contributed by atoms with Crippen LogP contribution in [0.5, 0.6) is 23.0 Å². The molecule has 0 bridgehead atoms. The molecule has 9 nitrogen and oxygen atoms in total. The summed E-state index contributed by atoms with van der Waals surface area (Å²) in [4.78, 5) is 41.5. The minimum absolute atomic E-state index is 0.0159. The number of hydrogen-bond acceptors (Lipinski definition) is 8. The number of nitrogens with one attached hydrogen (secondary N) is 1. The van der Waals surface area contributed by atoms with Gasteiger partial charge in [-0.1, -0.05) is 86.4 Å². The van der Waals surface area contributed by atoms with Crippen LogP contribution in [0.2, 0.25) is 0 Å². The number of carbonyl (C=O) groups excluding carboxylic acids is 3. The number of methoxy groups -OCH3 is 4. The summed E-state index contributed by atoms with van der Waals surface area (Å²) in [5.74, 6) is 3.36. The maximum Gasteiger partial charge on any atom is 0.251 e.